The van der Waals surface area contributed by atoms with E-state index < -0.39 is 0 Å². The second-order valence-corrected chi connectivity index (χ2v) is 1.51. The van der Waals surface area contributed by atoms with Crippen LogP contribution in [0.4, 0.5) is 0 Å². The van der Waals surface area contributed by atoms with Crippen molar-refractivity contribution in [1.29, 1.82) is 0 Å². The minimum Gasteiger partial charge on any atom is -0.397 e. The zero-order valence-corrected chi connectivity index (χ0v) is 6.38. The standard InChI is InChI=1S/C4H11NO2.C2H6O/c6-3-1-5-2-4-7;1-2-3/h5-7H,1-4H2;3H,2H2,1H3. The van der Waals surface area contributed by atoms with Gasteiger partial charge in [-0.25, -0.2) is 0 Å². The van der Waals surface area contributed by atoms with Crippen LogP contribution < -0.4 is 5.32 Å². The van der Waals surface area contributed by atoms with Crippen LogP contribution in [0.25, 0.3) is 0 Å². The third kappa shape index (κ3) is 24.9. The predicted molar refractivity (Wildman–Crippen MR) is 39.8 cm³/mol. The molecule has 0 aliphatic carbocycles. The molecule has 4 N–H and O–H groups in total. The molecule has 0 aromatic carbocycles. The van der Waals surface area contributed by atoms with E-state index in [1.165, 1.54) is 0 Å². The van der Waals surface area contributed by atoms with Crippen LogP contribution in [-0.4, -0.2) is 48.2 Å². The summed E-state index contributed by atoms with van der Waals surface area (Å²) in [5, 5.41) is 26.7. The van der Waals surface area contributed by atoms with E-state index in [0.717, 1.165) is 0 Å². The first-order valence-electron chi connectivity index (χ1n) is 3.36. The predicted octanol–water partition coefficient (Wildman–Crippen LogP) is -1.44. The van der Waals surface area contributed by atoms with E-state index in [9.17, 15) is 0 Å². The Morgan fingerprint density at radius 2 is 1.30 bits per heavy atom. The number of hydrogen-bond acceptors (Lipinski definition) is 4. The molecule has 0 amide bonds. The summed E-state index contributed by atoms with van der Waals surface area (Å²) >= 11 is 0. The molecule has 0 unspecified atom stereocenters. The van der Waals surface area contributed by atoms with Crippen LogP contribution in [0.15, 0.2) is 0 Å². The van der Waals surface area contributed by atoms with Crippen molar-refractivity contribution in [3.8, 4) is 0 Å². The van der Waals surface area contributed by atoms with Gasteiger partial charge in [-0.3, -0.25) is 0 Å². The van der Waals surface area contributed by atoms with Crippen LogP contribution in [0.5, 0.6) is 0 Å². The van der Waals surface area contributed by atoms with Crippen LogP contribution in [-0.2, 0) is 0 Å². The topological polar surface area (TPSA) is 72.7 Å². The van der Waals surface area contributed by atoms with Crippen molar-refractivity contribution in [3.05, 3.63) is 0 Å². The van der Waals surface area contributed by atoms with Gasteiger partial charge in [0.15, 0.2) is 0 Å². The van der Waals surface area contributed by atoms with Gasteiger partial charge in [-0.1, -0.05) is 0 Å². The molecule has 0 aromatic heterocycles. The zero-order chi connectivity index (χ0) is 8.24. The Balaban J connectivity index is 0. The summed E-state index contributed by atoms with van der Waals surface area (Å²) in [6, 6.07) is 0. The van der Waals surface area contributed by atoms with Crippen molar-refractivity contribution >= 4 is 0 Å². The first kappa shape index (κ1) is 12.5. The molecule has 4 nitrogen and oxygen atoms in total. The molecule has 0 aliphatic heterocycles. The Bertz CT molecular complexity index is 40.0. The molecule has 0 radical (unpaired) electrons. The summed E-state index contributed by atoms with van der Waals surface area (Å²) in [5.74, 6) is 0. The molecular weight excluding hydrogens is 134 g/mol. The van der Waals surface area contributed by atoms with Crippen LogP contribution in [0, 0.1) is 0 Å². The summed E-state index contributed by atoms with van der Waals surface area (Å²) in [5.41, 5.74) is 0. The highest BCUT2D eigenvalue weighted by Gasteiger charge is 1.78. The second kappa shape index (κ2) is 15.9. The Hall–Kier alpha value is -0.160. The monoisotopic (exact) mass is 151 g/mol. The average molecular weight is 151 g/mol. The maximum atomic E-state index is 8.15. The Morgan fingerprint density at radius 3 is 1.50 bits per heavy atom. The van der Waals surface area contributed by atoms with Crippen molar-refractivity contribution in [1.82, 2.24) is 5.32 Å². The lowest BCUT2D eigenvalue weighted by atomic mass is 10.6. The van der Waals surface area contributed by atoms with E-state index in [2.05, 4.69) is 5.32 Å². The minimum atomic E-state index is 0.139. The highest BCUT2D eigenvalue weighted by Crippen LogP contribution is 1.54. The number of rotatable bonds is 4. The van der Waals surface area contributed by atoms with Crippen LogP contribution in [0.2, 0.25) is 0 Å². The zero-order valence-electron chi connectivity index (χ0n) is 6.38. The molecule has 0 rings (SSSR count). The normalized spacial score (nSPS) is 8.40. The first-order valence-corrected chi connectivity index (χ1v) is 3.36. The lowest BCUT2D eigenvalue weighted by Gasteiger charge is -1.94. The lowest BCUT2D eigenvalue weighted by Crippen LogP contribution is -2.21. The molecule has 0 heterocycles. The highest BCUT2D eigenvalue weighted by molar-refractivity contribution is 4.39. The molecule has 64 valence electrons. The maximum Gasteiger partial charge on any atom is 0.0555 e. The molecule has 0 saturated carbocycles. The largest absolute Gasteiger partial charge is 0.397 e. The van der Waals surface area contributed by atoms with E-state index in [0.29, 0.717) is 13.1 Å². The quantitative estimate of drug-likeness (QED) is 0.371. The van der Waals surface area contributed by atoms with Gasteiger partial charge < -0.3 is 20.6 Å². The SMILES string of the molecule is CCO.OCCNCCO. The van der Waals surface area contributed by atoms with Gasteiger partial charge in [0.05, 0.1) is 13.2 Å². The first-order chi connectivity index (χ1) is 4.83. The highest BCUT2D eigenvalue weighted by atomic mass is 16.3. The third-order valence-electron chi connectivity index (χ3n) is 0.577. The molecule has 0 bridgehead atoms. The van der Waals surface area contributed by atoms with E-state index in [-0.39, 0.29) is 19.8 Å². The number of aliphatic hydroxyl groups is 3. The smallest absolute Gasteiger partial charge is 0.0555 e. The Labute approximate surface area is 61.5 Å². The molecule has 0 aliphatic rings. The fraction of sp³-hybridized carbons (Fsp3) is 1.00. The summed E-state index contributed by atoms with van der Waals surface area (Å²) in [6.45, 7) is 3.35. The molecule has 0 fully saturated rings. The number of nitrogens with one attached hydrogen (secondary N) is 1. The average Bonchev–Trinajstić information content (AvgIpc) is 1.91. The summed E-state index contributed by atoms with van der Waals surface area (Å²) in [4.78, 5) is 0. The van der Waals surface area contributed by atoms with Gasteiger partial charge >= 0.3 is 0 Å². The lowest BCUT2D eigenvalue weighted by molar-refractivity contribution is 0.266. The molecule has 0 saturated heterocycles. The van der Waals surface area contributed by atoms with Crippen molar-refractivity contribution in [3.63, 3.8) is 0 Å². The van der Waals surface area contributed by atoms with Crippen LogP contribution in [0.1, 0.15) is 6.92 Å². The fourth-order valence-corrected chi connectivity index (χ4v) is 0.283. The maximum absolute atomic E-state index is 8.15. The van der Waals surface area contributed by atoms with E-state index in [1.54, 1.807) is 6.92 Å². The third-order valence-corrected chi connectivity index (χ3v) is 0.577. The van der Waals surface area contributed by atoms with Gasteiger partial charge in [-0.15, -0.1) is 0 Å². The van der Waals surface area contributed by atoms with E-state index >= 15 is 0 Å². The van der Waals surface area contributed by atoms with Gasteiger partial charge in [-0.05, 0) is 6.92 Å². The minimum absolute atomic E-state index is 0.139. The Kier molecular flexibility index (Phi) is 19.9. The van der Waals surface area contributed by atoms with Crippen molar-refractivity contribution in [2.24, 2.45) is 0 Å². The van der Waals surface area contributed by atoms with Gasteiger partial charge in [-0.2, -0.15) is 0 Å². The second-order valence-electron chi connectivity index (χ2n) is 1.51. The van der Waals surface area contributed by atoms with Crippen molar-refractivity contribution in [2.75, 3.05) is 32.9 Å². The van der Waals surface area contributed by atoms with Gasteiger partial charge in [0.2, 0.25) is 0 Å². The Morgan fingerprint density at radius 1 is 1.00 bits per heavy atom. The molecular formula is C6H17NO3. The fourth-order valence-electron chi connectivity index (χ4n) is 0.283. The van der Waals surface area contributed by atoms with Crippen molar-refractivity contribution in [2.45, 2.75) is 6.92 Å². The number of aliphatic hydroxyl groups excluding tert-OH is 3. The van der Waals surface area contributed by atoms with E-state index in [1.807, 2.05) is 0 Å². The molecule has 0 spiro atoms. The van der Waals surface area contributed by atoms with Crippen LogP contribution >= 0.6 is 0 Å². The summed E-state index contributed by atoms with van der Waals surface area (Å²) in [6.07, 6.45) is 0. The number of hydrogen-bond donors (Lipinski definition) is 4. The summed E-state index contributed by atoms with van der Waals surface area (Å²) in [7, 11) is 0. The molecule has 10 heavy (non-hydrogen) atoms. The molecule has 0 aromatic rings. The van der Waals surface area contributed by atoms with Crippen molar-refractivity contribution < 1.29 is 15.3 Å². The molecule has 4 heteroatoms. The van der Waals surface area contributed by atoms with Crippen LogP contribution in [0.3, 0.4) is 0 Å². The van der Waals surface area contributed by atoms with Gasteiger partial charge in [0, 0.05) is 19.7 Å². The summed E-state index contributed by atoms with van der Waals surface area (Å²) < 4.78 is 0. The van der Waals surface area contributed by atoms with E-state index in [4.69, 9.17) is 15.3 Å². The van der Waals surface area contributed by atoms with Gasteiger partial charge in [0.1, 0.15) is 0 Å². The molecule has 0 atom stereocenters. The van der Waals surface area contributed by atoms with Gasteiger partial charge in [0.25, 0.3) is 0 Å².